The Morgan fingerprint density at radius 2 is 2.14 bits per heavy atom. The van der Waals surface area contributed by atoms with Crippen LogP contribution in [0.5, 0.6) is 0 Å². The Balaban J connectivity index is 2.30. The lowest BCUT2D eigenvalue weighted by molar-refractivity contribution is -0.125. The van der Waals surface area contributed by atoms with Crippen molar-refractivity contribution in [2.45, 2.75) is 51.5 Å². The largest absolute Gasteiger partial charge is 0.353 e. The Hall–Kier alpha value is -0.570. The first kappa shape index (κ1) is 11.5. The van der Waals surface area contributed by atoms with Gasteiger partial charge in [-0.15, -0.1) is 0 Å². The Morgan fingerprint density at radius 3 is 2.64 bits per heavy atom. The summed E-state index contributed by atoms with van der Waals surface area (Å²) in [5, 5.41) is 3.10. The molecule has 1 fully saturated rings. The normalized spacial score (nSPS) is 19.6. The van der Waals surface area contributed by atoms with Gasteiger partial charge in [-0.1, -0.05) is 26.2 Å². The van der Waals surface area contributed by atoms with Crippen LogP contribution in [-0.4, -0.2) is 18.5 Å². The summed E-state index contributed by atoms with van der Waals surface area (Å²) in [6.45, 7) is 2.57. The van der Waals surface area contributed by atoms with Crippen molar-refractivity contribution in [3.8, 4) is 0 Å². The van der Waals surface area contributed by atoms with E-state index in [0.717, 1.165) is 25.7 Å². The van der Waals surface area contributed by atoms with E-state index in [1.165, 1.54) is 12.8 Å². The van der Waals surface area contributed by atoms with Crippen LogP contribution in [-0.2, 0) is 4.79 Å². The summed E-state index contributed by atoms with van der Waals surface area (Å²) in [5.74, 6) is 0.196. The van der Waals surface area contributed by atoms with E-state index in [0.29, 0.717) is 12.6 Å². The molecular formula is C11H22N2O. The van der Waals surface area contributed by atoms with Crippen molar-refractivity contribution in [2.24, 2.45) is 11.7 Å². The van der Waals surface area contributed by atoms with Crippen molar-refractivity contribution in [1.29, 1.82) is 0 Å². The highest BCUT2D eigenvalue weighted by molar-refractivity contribution is 5.79. The molecule has 0 heterocycles. The quantitative estimate of drug-likeness (QED) is 0.702. The first-order valence-electron chi connectivity index (χ1n) is 5.78. The van der Waals surface area contributed by atoms with Crippen LogP contribution >= 0.6 is 0 Å². The molecule has 1 saturated carbocycles. The van der Waals surface area contributed by atoms with Gasteiger partial charge in [-0.3, -0.25) is 4.79 Å². The molecule has 0 aliphatic heterocycles. The zero-order valence-corrected chi connectivity index (χ0v) is 9.09. The second-order valence-corrected chi connectivity index (χ2v) is 4.21. The number of hydrogen-bond donors (Lipinski definition) is 2. The van der Waals surface area contributed by atoms with Crippen LogP contribution in [0.3, 0.4) is 0 Å². The van der Waals surface area contributed by atoms with E-state index < -0.39 is 0 Å². The number of rotatable bonds is 5. The smallest absolute Gasteiger partial charge is 0.224 e. The molecule has 82 valence electrons. The number of nitrogens with one attached hydrogen (secondary N) is 1. The summed E-state index contributed by atoms with van der Waals surface area (Å²) < 4.78 is 0. The molecule has 0 aromatic carbocycles. The van der Waals surface area contributed by atoms with Crippen LogP contribution < -0.4 is 11.1 Å². The maximum Gasteiger partial charge on any atom is 0.224 e. The molecule has 1 unspecified atom stereocenters. The average Bonchev–Trinajstić information content (AvgIpc) is 2.66. The van der Waals surface area contributed by atoms with Gasteiger partial charge in [0.15, 0.2) is 0 Å². The Labute approximate surface area is 86.4 Å². The highest BCUT2D eigenvalue weighted by Crippen LogP contribution is 2.18. The van der Waals surface area contributed by atoms with Crippen molar-refractivity contribution < 1.29 is 4.79 Å². The Morgan fingerprint density at radius 1 is 1.50 bits per heavy atom. The predicted molar refractivity (Wildman–Crippen MR) is 57.9 cm³/mol. The highest BCUT2D eigenvalue weighted by Gasteiger charge is 2.21. The number of hydrogen-bond acceptors (Lipinski definition) is 2. The molecule has 0 bridgehead atoms. The van der Waals surface area contributed by atoms with Crippen molar-refractivity contribution >= 4 is 5.91 Å². The van der Waals surface area contributed by atoms with E-state index in [1.807, 2.05) is 0 Å². The van der Waals surface area contributed by atoms with Gasteiger partial charge in [0.1, 0.15) is 0 Å². The summed E-state index contributed by atoms with van der Waals surface area (Å²) in [6, 6.07) is 0.424. The molecule has 0 aromatic heterocycles. The number of nitrogens with two attached hydrogens (primary N) is 1. The molecule has 0 radical (unpaired) electrons. The van der Waals surface area contributed by atoms with Gasteiger partial charge in [0.25, 0.3) is 0 Å². The van der Waals surface area contributed by atoms with Crippen molar-refractivity contribution in [3.05, 3.63) is 0 Å². The predicted octanol–water partition coefficient (Wildman–Crippen LogP) is 1.42. The summed E-state index contributed by atoms with van der Waals surface area (Å²) in [5.41, 5.74) is 5.57. The van der Waals surface area contributed by atoms with Crippen LogP contribution in [0.15, 0.2) is 0 Å². The maximum absolute atomic E-state index is 11.7. The van der Waals surface area contributed by atoms with E-state index in [9.17, 15) is 4.79 Å². The molecular weight excluding hydrogens is 176 g/mol. The molecule has 0 aromatic rings. The minimum Gasteiger partial charge on any atom is -0.353 e. The number of carbonyl (C=O) groups excluding carboxylic acids is 1. The SMILES string of the molecule is CCCC(CN)C(=O)NC1CCCC1. The summed E-state index contributed by atoms with van der Waals surface area (Å²) in [7, 11) is 0. The number of carbonyl (C=O) groups is 1. The molecule has 0 saturated heterocycles. The van der Waals surface area contributed by atoms with Crippen LogP contribution in [0.1, 0.15) is 45.4 Å². The second kappa shape index (κ2) is 6.02. The van der Waals surface area contributed by atoms with Gasteiger partial charge in [-0.05, 0) is 19.3 Å². The Kier molecular flexibility index (Phi) is 4.94. The second-order valence-electron chi connectivity index (χ2n) is 4.21. The molecule has 1 amide bonds. The molecule has 3 N–H and O–H groups in total. The molecule has 1 atom stereocenters. The minimum absolute atomic E-state index is 0.0283. The molecule has 14 heavy (non-hydrogen) atoms. The summed E-state index contributed by atoms with van der Waals surface area (Å²) in [4.78, 5) is 11.7. The van der Waals surface area contributed by atoms with Crippen LogP contribution in [0.4, 0.5) is 0 Å². The van der Waals surface area contributed by atoms with E-state index in [-0.39, 0.29) is 11.8 Å². The first-order valence-corrected chi connectivity index (χ1v) is 5.78. The third-order valence-corrected chi connectivity index (χ3v) is 2.99. The zero-order valence-electron chi connectivity index (χ0n) is 9.09. The third kappa shape index (κ3) is 3.29. The van der Waals surface area contributed by atoms with E-state index in [2.05, 4.69) is 12.2 Å². The van der Waals surface area contributed by atoms with Gasteiger partial charge >= 0.3 is 0 Å². The molecule has 3 nitrogen and oxygen atoms in total. The summed E-state index contributed by atoms with van der Waals surface area (Å²) >= 11 is 0. The van der Waals surface area contributed by atoms with Gasteiger partial charge < -0.3 is 11.1 Å². The third-order valence-electron chi connectivity index (χ3n) is 2.99. The van der Waals surface area contributed by atoms with Gasteiger partial charge in [-0.25, -0.2) is 0 Å². The van der Waals surface area contributed by atoms with Crippen LogP contribution in [0, 0.1) is 5.92 Å². The summed E-state index contributed by atoms with van der Waals surface area (Å²) in [6.07, 6.45) is 6.75. The first-order chi connectivity index (χ1) is 6.77. The fourth-order valence-corrected chi connectivity index (χ4v) is 2.09. The van der Waals surface area contributed by atoms with Crippen LogP contribution in [0.2, 0.25) is 0 Å². The molecule has 1 aliphatic rings. The lowest BCUT2D eigenvalue weighted by Crippen LogP contribution is -2.40. The fourth-order valence-electron chi connectivity index (χ4n) is 2.09. The molecule has 0 spiro atoms. The fraction of sp³-hybridized carbons (Fsp3) is 0.909. The van der Waals surface area contributed by atoms with Crippen molar-refractivity contribution in [1.82, 2.24) is 5.32 Å². The van der Waals surface area contributed by atoms with E-state index >= 15 is 0 Å². The monoisotopic (exact) mass is 198 g/mol. The van der Waals surface area contributed by atoms with Gasteiger partial charge in [0.05, 0.1) is 5.92 Å². The Bertz CT molecular complexity index is 176. The zero-order chi connectivity index (χ0) is 10.4. The van der Waals surface area contributed by atoms with Gasteiger partial charge in [0, 0.05) is 12.6 Å². The van der Waals surface area contributed by atoms with Crippen molar-refractivity contribution in [2.75, 3.05) is 6.54 Å². The van der Waals surface area contributed by atoms with Crippen molar-refractivity contribution in [3.63, 3.8) is 0 Å². The lowest BCUT2D eigenvalue weighted by atomic mass is 10.0. The standard InChI is InChI=1S/C11H22N2O/c1-2-5-9(8-12)11(14)13-10-6-3-4-7-10/h9-10H,2-8,12H2,1H3,(H,13,14). The van der Waals surface area contributed by atoms with E-state index in [4.69, 9.17) is 5.73 Å². The molecule has 1 rings (SSSR count). The van der Waals surface area contributed by atoms with Gasteiger partial charge in [-0.2, -0.15) is 0 Å². The molecule has 3 heteroatoms. The lowest BCUT2D eigenvalue weighted by Gasteiger charge is -2.17. The minimum atomic E-state index is 0.0283. The number of amides is 1. The highest BCUT2D eigenvalue weighted by atomic mass is 16.1. The maximum atomic E-state index is 11.7. The topological polar surface area (TPSA) is 55.1 Å². The molecule has 1 aliphatic carbocycles. The average molecular weight is 198 g/mol. The van der Waals surface area contributed by atoms with Crippen LogP contribution in [0.25, 0.3) is 0 Å². The van der Waals surface area contributed by atoms with Gasteiger partial charge in [0.2, 0.25) is 5.91 Å². The van der Waals surface area contributed by atoms with E-state index in [1.54, 1.807) is 0 Å².